The molecule has 1 aromatic heterocycles. The molecule has 0 radical (unpaired) electrons. The van der Waals surface area contributed by atoms with Gasteiger partial charge in [-0.05, 0) is 29.2 Å². The summed E-state index contributed by atoms with van der Waals surface area (Å²) in [4.78, 5) is 47.9. The monoisotopic (exact) mass is 506 g/mol. The number of benzene rings is 1. The van der Waals surface area contributed by atoms with E-state index in [1.807, 2.05) is 18.3 Å². The second kappa shape index (κ2) is 11.4. The van der Waals surface area contributed by atoms with Gasteiger partial charge in [0.15, 0.2) is 6.19 Å². The van der Waals surface area contributed by atoms with Crippen molar-refractivity contribution >= 4 is 23.4 Å². The highest BCUT2D eigenvalue weighted by Crippen LogP contribution is 2.33. The number of amides is 3. The minimum absolute atomic E-state index is 0.0325. The molecule has 37 heavy (non-hydrogen) atoms. The van der Waals surface area contributed by atoms with Crippen molar-refractivity contribution in [1.29, 1.82) is 5.26 Å². The Hall–Kier alpha value is -3.97. The fourth-order valence-corrected chi connectivity index (χ4v) is 4.22. The van der Waals surface area contributed by atoms with Gasteiger partial charge in [0.05, 0.1) is 19.2 Å². The second-order valence-electron chi connectivity index (χ2n) is 10.4. The predicted octanol–water partition coefficient (Wildman–Crippen LogP) is 1.57. The molecule has 3 rings (SSSR count). The Balaban J connectivity index is 2.11. The van der Waals surface area contributed by atoms with Crippen LogP contribution in [-0.2, 0) is 19.8 Å². The fourth-order valence-electron chi connectivity index (χ4n) is 4.22. The maximum Gasteiger partial charge on any atom is 0.251 e. The first-order valence-corrected chi connectivity index (χ1v) is 12.1. The van der Waals surface area contributed by atoms with Crippen LogP contribution in [0.4, 0.5) is 5.69 Å². The molecular weight excluding hydrogens is 472 g/mol. The van der Waals surface area contributed by atoms with Crippen molar-refractivity contribution in [3.8, 4) is 6.19 Å². The molecule has 0 bridgehead atoms. The first-order valence-electron chi connectivity index (χ1n) is 12.1. The number of nitrogens with zero attached hydrogens (tertiary/aromatic N) is 5. The third-order valence-corrected chi connectivity index (χ3v) is 6.36. The molecule has 1 aliphatic rings. The van der Waals surface area contributed by atoms with E-state index in [1.165, 1.54) is 20.9 Å². The second-order valence-corrected chi connectivity index (χ2v) is 10.4. The number of hydrogen-bond acceptors (Lipinski definition) is 7. The predicted molar refractivity (Wildman–Crippen MR) is 138 cm³/mol. The summed E-state index contributed by atoms with van der Waals surface area (Å²) >= 11 is 0. The highest BCUT2D eigenvalue weighted by Gasteiger charge is 2.42. The minimum Gasteiger partial charge on any atom is -0.391 e. The number of anilines is 1. The number of nitriles is 1. The lowest BCUT2D eigenvalue weighted by molar-refractivity contribution is -0.132. The zero-order chi connectivity index (χ0) is 27.3. The molecule has 1 saturated heterocycles. The van der Waals surface area contributed by atoms with E-state index in [2.05, 4.69) is 31.1 Å². The number of pyridine rings is 1. The molecule has 10 nitrogen and oxygen atoms in total. The van der Waals surface area contributed by atoms with Gasteiger partial charge in [0.2, 0.25) is 11.8 Å². The van der Waals surface area contributed by atoms with Gasteiger partial charge in [-0.1, -0.05) is 39.0 Å². The summed E-state index contributed by atoms with van der Waals surface area (Å²) in [7, 11) is 3.17. The number of β-amino-alcohol motifs (C(OH)–C–C–N with tert-alkyl or cyclic N) is 1. The van der Waals surface area contributed by atoms with Crippen LogP contribution >= 0.6 is 0 Å². The summed E-state index contributed by atoms with van der Waals surface area (Å²) < 4.78 is 0. The average molecular weight is 507 g/mol. The van der Waals surface area contributed by atoms with Crippen LogP contribution in [0.25, 0.3) is 0 Å². The molecule has 3 amide bonds. The lowest BCUT2D eigenvalue weighted by atomic mass is 9.87. The van der Waals surface area contributed by atoms with Crippen LogP contribution in [0.2, 0.25) is 0 Å². The third kappa shape index (κ3) is 6.43. The number of rotatable bonds is 7. The third-order valence-electron chi connectivity index (χ3n) is 6.36. The molecule has 196 valence electrons. The summed E-state index contributed by atoms with van der Waals surface area (Å²) in [6, 6.07) is 8.55. The Labute approximate surface area is 217 Å². The highest BCUT2D eigenvalue weighted by molar-refractivity contribution is 6.04. The van der Waals surface area contributed by atoms with Gasteiger partial charge in [-0.2, -0.15) is 5.26 Å². The zero-order valence-corrected chi connectivity index (χ0v) is 21.9. The van der Waals surface area contributed by atoms with E-state index in [9.17, 15) is 24.8 Å². The quantitative estimate of drug-likeness (QED) is 0.545. The number of aliphatic hydroxyl groups is 1. The van der Waals surface area contributed by atoms with E-state index in [1.54, 1.807) is 44.6 Å². The summed E-state index contributed by atoms with van der Waals surface area (Å²) in [5.74, 6) is -1.39. The maximum absolute atomic E-state index is 14.1. The molecule has 1 aromatic carbocycles. The maximum atomic E-state index is 14.1. The molecule has 2 N–H and O–H groups in total. The lowest BCUT2D eigenvalue weighted by Gasteiger charge is -2.34. The number of nitrogens with one attached hydrogen (secondary N) is 1. The summed E-state index contributed by atoms with van der Waals surface area (Å²) in [6.45, 7) is 6.00. The van der Waals surface area contributed by atoms with Gasteiger partial charge in [-0.3, -0.25) is 29.2 Å². The van der Waals surface area contributed by atoms with Gasteiger partial charge < -0.3 is 15.3 Å². The van der Waals surface area contributed by atoms with Crippen molar-refractivity contribution in [1.82, 2.24) is 20.1 Å². The minimum atomic E-state index is -1.17. The van der Waals surface area contributed by atoms with Crippen molar-refractivity contribution in [3.05, 3.63) is 59.9 Å². The van der Waals surface area contributed by atoms with Gasteiger partial charge >= 0.3 is 0 Å². The SMILES string of the molecule is CN(C)C(=O)CNC(=O)C(c1cccnc1)N(C(=O)C1CC(O)CN1C#N)c1ccc(C(C)(C)C)cc1. The molecule has 2 heterocycles. The number of aromatic nitrogens is 1. The van der Waals surface area contributed by atoms with Crippen LogP contribution in [0.5, 0.6) is 0 Å². The van der Waals surface area contributed by atoms with E-state index in [4.69, 9.17) is 0 Å². The van der Waals surface area contributed by atoms with Crippen molar-refractivity contribution in [2.45, 2.75) is 50.8 Å². The largest absolute Gasteiger partial charge is 0.391 e. The molecule has 3 atom stereocenters. The Kier molecular flexibility index (Phi) is 8.50. The number of aliphatic hydroxyl groups excluding tert-OH is 1. The molecule has 2 aromatic rings. The Morgan fingerprint density at radius 2 is 1.89 bits per heavy atom. The standard InChI is InChI=1S/C27H34N6O4/c1-27(2,3)19-8-10-20(11-9-19)33(26(37)22-13-21(34)16-32(22)17-28)24(18-7-6-12-29-14-18)25(36)30-15-23(35)31(4)5/h6-12,14,21-22,24,34H,13,15-16H2,1-5H3,(H,30,36). The van der Waals surface area contributed by atoms with Crippen molar-refractivity contribution in [2.24, 2.45) is 0 Å². The Bertz CT molecular complexity index is 1150. The molecule has 3 unspecified atom stereocenters. The van der Waals surface area contributed by atoms with Gasteiger partial charge in [-0.25, -0.2) is 0 Å². The fraction of sp³-hybridized carbons (Fsp3) is 0.444. The molecule has 1 aliphatic heterocycles. The van der Waals surface area contributed by atoms with E-state index in [-0.39, 0.29) is 30.8 Å². The summed E-state index contributed by atoms with van der Waals surface area (Å²) in [5.41, 5.74) is 1.79. The van der Waals surface area contributed by atoms with Gasteiger partial charge in [-0.15, -0.1) is 0 Å². The van der Waals surface area contributed by atoms with Crippen molar-refractivity contribution in [2.75, 3.05) is 32.1 Å². The number of hydrogen-bond donors (Lipinski definition) is 2. The number of carbonyl (C=O) groups excluding carboxylic acids is 3. The van der Waals surface area contributed by atoms with E-state index < -0.39 is 30.0 Å². The zero-order valence-electron chi connectivity index (χ0n) is 21.9. The summed E-state index contributed by atoms with van der Waals surface area (Å²) in [5, 5.41) is 22.4. The number of likely N-dealkylation sites (N-methyl/N-ethyl adjacent to an activating group) is 1. The van der Waals surface area contributed by atoms with Gasteiger partial charge in [0.1, 0.15) is 12.1 Å². The van der Waals surface area contributed by atoms with Crippen LogP contribution in [0.15, 0.2) is 48.8 Å². The Morgan fingerprint density at radius 1 is 1.22 bits per heavy atom. The molecule has 1 fully saturated rings. The van der Waals surface area contributed by atoms with E-state index in [0.717, 1.165) is 5.56 Å². The molecular formula is C27H34N6O4. The number of carbonyl (C=O) groups is 3. The first-order chi connectivity index (χ1) is 17.4. The van der Waals surface area contributed by atoms with Crippen LogP contribution in [0.3, 0.4) is 0 Å². The van der Waals surface area contributed by atoms with Crippen molar-refractivity contribution in [3.63, 3.8) is 0 Å². The smallest absolute Gasteiger partial charge is 0.251 e. The normalized spacial score (nSPS) is 18.0. The highest BCUT2D eigenvalue weighted by atomic mass is 16.3. The topological polar surface area (TPSA) is 130 Å². The molecule has 0 saturated carbocycles. The summed E-state index contributed by atoms with van der Waals surface area (Å²) in [6.07, 6.45) is 4.25. The average Bonchev–Trinajstić information content (AvgIpc) is 3.25. The van der Waals surface area contributed by atoms with E-state index in [0.29, 0.717) is 11.3 Å². The first kappa shape index (κ1) is 27.6. The van der Waals surface area contributed by atoms with E-state index >= 15 is 0 Å². The van der Waals surface area contributed by atoms with Crippen LogP contribution in [-0.4, -0.2) is 76.9 Å². The molecule has 0 aliphatic carbocycles. The van der Waals surface area contributed by atoms with Crippen LogP contribution in [0, 0.1) is 11.5 Å². The Morgan fingerprint density at radius 3 is 2.43 bits per heavy atom. The molecule has 10 heteroatoms. The van der Waals surface area contributed by atoms with Gasteiger partial charge in [0.25, 0.3) is 5.91 Å². The number of likely N-dealkylation sites (tertiary alicyclic amines) is 1. The van der Waals surface area contributed by atoms with Crippen molar-refractivity contribution < 1.29 is 19.5 Å². The van der Waals surface area contributed by atoms with Crippen LogP contribution in [0.1, 0.15) is 44.4 Å². The van der Waals surface area contributed by atoms with Gasteiger partial charge in [0, 0.05) is 44.2 Å². The molecule has 0 spiro atoms. The lowest BCUT2D eigenvalue weighted by Crippen LogP contribution is -2.51. The van der Waals surface area contributed by atoms with Crippen LogP contribution < -0.4 is 10.2 Å².